The summed E-state index contributed by atoms with van der Waals surface area (Å²) >= 11 is 0. The fraction of sp³-hybridized carbons (Fsp3) is 0.167. The summed E-state index contributed by atoms with van der Waals surface area (Å²) in [5.74, 6) is -0.494. The molecule has 0 unspecified atom stereocenters. The number of benzene rings is 2. The number of hydrogen-bond donors (Lipinski definition) is 2. The molecule has 1 amide bonds. The highest BCUT2D eigenvalue weighted by Gasteiger charge is 2.33. The lowest BCUT2D eigenvalue weighted by Gasteiger charge is -2.11. The van der Waals surface area contributed by atoms with Gasteiger partial charge in [-0.15, -0.1) is 0 Å². The maximum absolute atomic E-state index is 12.7. The van der Waals surface area contributed by atoms with Crippen molar-refractivity contribution in [3.8, 4) is 0 Å². The summed E-state index contributed by atoms with van der Waals surface area (Å²) in [6.07, 6.45) is -3.36. The van der Waals surface area contributed by atoms with Crippen LogP contribution in [0.4, 0.5) is 24.5 Å². The maximum Gasteiger partial charge on any atom is 0.416 e. The van der Waals surface area contributed by atoms with Crippen LogP contribution in [-0.4, -0.2) is 33.9 Å². The molecule has 1 aromatic heterocycles. The number of carbonyl (C=O) groups excluding carboxylic acids is 1. The third-order valence-electron chi connectivity index (χ3n) is 3.93. The van der Waals surface area contributed by atoms with Crippen LogP contribution in [0.2, 0.25) is 0 Å². The first-order valence-electron chi connectivity index (χ1n) is 8.35. The Labute approximate surface area is 161 Å². The molecule has 2 aromatic carbocycles. The molecule has 0 aliphatic heterocycles. The molecule has 0 saturated carbocycles. The Hall–Kier alpha value is -3.76. The zero-order valence-corrected chi connectivity index (χ0v) is 14.7. The van der Waals surface area contributed by atoms with Crippen LogP contribution in [0.1, 0.15) is 16.1 Å². The number of amides is 1. The molecule has 1 heterocycles. The van der Waals surface area contributed by atoms with E-state index in [1.54, 1.807) is 24.3 Å². The van der Waals surface area contributed by atoms with Crippen LogP contribution in [0.3, 0.4) is 0 Å². The molecule has 0 aliphatic carbocycles. The van der Waals surface area contributed by atoms with E-state index in [9.17, 15) is 28.1 Å². The standard InChI is InChI=1S/C18H14F3N5O3/c19-18(20,21)11-5-6-14(16(9-11)26(28)29)22-7-8-23-17(27)15-10-24-12-3-1-2-4-13(12)25-15/h1-6,9-10,22H,7-8H2,(H,23,27). The van der Waals surface area contributed by atoms with Gasteiger partial charge in [0.15, 0.2) is 0 Å². The van der Waals surface area contributed by atoms with Gasteiger partial charge in [-0.25, -0.2) is 4.98 Å². The quantitative estimate of drug-likeness (QED) is 0.370. The van der Waals surface area contributed by atoms with Crippen molar-refractivity contribution in [1.29, 1.82) is 0 Å². The molecule has 3 rings (SSSR count). The molecule has 0 aliphatic rings. The minimum atomic E-state index is -4.68. The van der Waals surface area contributed by atoms with Gasteiger partial charge >= 0.3 is 6.18 Å². The zero-order chi connectivity index (χ0) is 21.0. The first-order valence-corrected chi connectivity index (χ1v) is 8.35. The third kappa shape index (κ3) is 4.75. The number of nitro benzene ring substituents is 1. The zero-order valence-electron chi connectivity index (χ0n) is 14.7. The summed E-state index contributed by atoms with van der Waals surface area (Å²) in [5.41, 5.74) is -0.601. The van der Waals surface area contributed by atoms with Gasteiger partial charge in [0, 0.05) is 19.2 Å². The van der Waals surface area contributed by atoms with Crippen molar-refractivity contribution in [3.63, 3.8) is 0 Å². The number of hydrogen-bond acceptors (Lipinski definition) is 6. The molecule has 0 saturated heterocycles. The number of anilines is 1. The van der Waals surface area contributed by atoms with Gasteiger partial charge in [0.1, 0.15) is 11.4 Å². The van der Waals surface area contributed by atoms with Gasteiger partial charge in [-0.3, -0.25) is 19.9 Å². The minimum Gasteiger partial charge on any atom is -0.378 e. The molecule has 11 heteroatoms. The molecule has 0 radical (unpaired) electrons. The number of para-hydroxylation sites is 2. The Morgan fingerprint density at radius 3 is 2.52 bits per heavy atom. The average Bonchev–Trinajstić information content (AvgIpc) is 2.69. The Balaban J connectivity index is 1.61. The van der Waals surface area contributed by atoms with Crippen molar-refractivity contribution in [2.75, 3.05) is 18.4 Å². The topological polar surface area (TPSA) is 110 Å². The Kier molecular flexibility index (Phi) is 5.57. The number of nitro groups is 1. The molecule has 0 fully saturated rings. The molecule has 8 nitrogen and oxygen atoms in total. The van der Waals surface area contributed by atoms with Gasteiger partial charge in [-0.2, -0.15) is 13.2 Å². The molecule has 3 aromatic rings. The Bertz CT molecular complexity index is 1070. The minimum absolute atomic E-state index is 0.0545. The fourth-order valence-corrected chi connectivity index (χ4v) is 2.54. The Morgan fingerprint density at radius 2 is 1.83 bits per heavy atom. The maximum atomic E-state index is 12.7. The Morgan fingerprint density at radius 1 is 1.10 bits per heavy atom. The van der Waals surface area contributed by atoms with Gasteiger partial charge in [0.2, 0.25) is 0 Å². The molecule has 2 N–H and O–H groups in total. The van der Waals surface area contributed by atoms with Crippen LogP contribution >= 0.6 is 0 Å². The molecule has 150 valence electrons. The van der Waals surface area contributed by atoms with E-state index in [1.807, 2.05) is 0 Å². The second-order valence-corrected chi connectivity index (χ2v) is 5.91. The van der Waals surface area contributed by atoms with Crippen molar-refractivity contribution in [2.24, 2.45) is 0 Å². The second kappa shape index (κ2) is 8.09. The highest BCUT2D eigenvalue weighted by molar-refractivity contribution is 5.93. The summed E-state index contributed by atoms with van der Waals surface area (Å²) in [7, 11) is 0. The predicted molar refractivity (Wildman–Crippen MR) is 98.5 cm³/mol. The van der Waals surface area contributed by atoms with Gasteiger partial charge in [0.25, 0.3) is 11.6 Å². The average molecular weight is 405 g/mol. The van der Waals surface area contributed by atoms with E-state index in [1.165, 1.54) is 6.20 Å². The molecule has 0 atom stereocenters. The first kappa shape index (κ1) is 20.0. The van der Waals surface area contributed by atoms with Crippen LogP contribution in [0, 0.1) is 10.1 Å². The predicted octanol–water partition coefficient (Wildman–Crippen LogP) is 3.40. The van der Waals surface area contributed by atoms with Crippen molar-refractivity contribution in [1.82, 2.24) is 15.3 Å². The molecule has 0 spiro atoms. The smallest absolute Gasteiger partial charge is 0.378 e. The van der Waals surface area contributed by atoms with E-state index in [0.717, 1.165) is 12.1 Å². The van der Waals surface area contributed by atoms with Crippen molar-refractivity contribution in [3.05, 3.63) is 70.0 Å². The monoisotopic (exact) mass is 405 g/mol. The third-order valence-corrected chi connectivity index (χ3v) is 3.93. The number of fused-ring (bicyclic) bond motifs is 1. The second-order valence-electron chi connectivity index (χ2n) is 5.91. The lowest BCUT2D eigenvalue weighted by Crippen LogP contribution is -2.29. The highest BCUT2D eigenvalue weighted by Crippen LogP contribution is 2.34. The largest absolute Gasteiger partial charge is 0.416 e. The highest BCUT2D eigenvalue weighted by atomic mass is 19.4. The van der Waals surface area contributed by atoms with Crippen molar-refractivity contribution < 1.29 is 22.9 Å². The molecule has 0 bridgehead atoms. The number of alkyl halides is 3. The lowest BCUT2D eigenvalue weighted by atomic mass is 10.1. The van der Waals surface area contributed by atoms with Gasteiger partial charge in [-0.05, 0) is 24.3 Å². The summed E-state index contributed by atoms with van der Waals surface area (Å²) in [6, 6.07) is 9.22. The molecular formula is C18H14F3N5O3. The number of halogens is 3. The van der Waals surface area contributed by atoms with Crippen molar-refractivity contribution in [2.45, 2.75) is 6.18 Å². The van der Waals surface area contributed by atoms with Gasteiger partial charge in [0.05, 0.1) is 27.7 Å². The van der Waals surface area contributed by atoms with E-state index in [0.29, 0.717) is 17.1 Å². The fourth-order valence-electron chi connectivity index (χ4n) is 2.54. The number of carbonyl (C=O) groups is 1. The van der Waals surface area contributed by atoms with Crippen LogP contribution in [-0.2, 0) is 6.18 Å². The van der Waals surface area contributed by atoms with E-state index < -0.39 is 28.3 Å². The number of nitrogens with one attached hydrogen (secondary N) is 2. The van der Waals surface area contributed by atoms with Gasteiger partial charge in [-0.1, -0.05) is 12.1 Å². The van der Waals surface area contributed by atoms with E-state index in [-0.39, 0.29) is 24.5 Å². The normalized spacial score (nSPS) is 11.3. The number of aromatic nitrogens is 2. The number of nitrogens with zero attached hydrogens (tertiary/aromatic N) is 3. The summed E-state index contributed by atoms with van der Waals surface area (Å²) in [5, 5.41) is 16.3. The van der Waals surface area contributed by atoms with E-state index >= 15 is 0 Å². The number of rotatable bonds is 6. The van der Waals surface area contributed by atoms with Gasteiger partial charge < -0.3 is 10.6 Å². The first-order chi connectivity index (χ1) is 13.8. The summed E-state index contributed by atoms with van der Waals surface area (Å²) in [6.45, 7) is 0.116. The van der Waals surface area contributed by atoms with E-state index in [2.05, 4.69) is 20.6 Å². The molecule has 29 heavy (non-hydrogen) atoms. The van der Waals surface area contributed by atoms with Crippen LogP contribution in [0.15, 0.2) is 48.7 Å². The van der Waals surface area contributed by atoms with Crippen LogP contribution < -0.4 is 10.6 Å². The van der Waals surface area contributed by atoms with Crippen LogP contribution in [0.5, 0.6) is 0 Å². The SMILES string of the molecule is O=C(NCCNc1ccc(C(F)(F)F)cc1[N+](=O)[O-])c1cnc2ccccc2n1. The van der Waals surface area contributed by atoms with Crippen LogP contribution in [0.25, 0.3) is 11.0 Å². The molecular weight excluding hydrogens is 391 g/mol. The summed E-state index contributed by atoms with van der Waals surface area (Å²) < 4.78 is 38.1. The lowest BCUT2D eigenvalue weighted by molar-refractivity contribution is -0.384. The summed E-state index contributed by atoms with van der Waals surface area (Å²) in [4.78, 5) is 30.6. The van der Waals surface area contributed by atoms with Crippen molar-refractivity contribution >= 4 is 28.3 Å². The van der Waals surface area contributed by atoms with E-state index in [4.69, 9.17) is 0 Å².